The fourth-order valence-electron chi connectivity index (χ4n) is 5.44. The first-order valence-corrected chi connectivity index (χ1v) is 11.4. The molecule has 2 aliphatic rings. The van der Waals surface area contributed by atoms with Crippen LogP contribution in [0.3, 0.4) is 0 Å². The molecule has 1 atom stereocenters. The summed E-state index contributed by atoms with van der Waals surface area (Å²) in [5, 5.41) is 9.96. The number of nitrogens with zero attached hydrogens (tertiary/aromatic N) is 4. The summed E-state index contributed by atoms with van der Waals surface area (Å²) in [6, 6.07) is 12.2. The van der Waals surface area contributed by atoms with Crippen molar-refractivity contribution in [2.45, 2.75) is 44.9 Å². The van der Waals surface area contributed by atoms with E-state index in [2.05, 4.69) is 32.6 Å². The highest BCUT2D eigenvalue weighted by molar-refractivity contribution is 6.06. The van der Waals surface area contributed by atoms with Gasteiger partial charge >= 0.3 is 0 Å². The van der Waals surface area contributed by atoms with Gasteiger partial charge in [0.25, 0.3) is 5.91 Å². The fourth-order valence-corrected chi connectivity index (χ4v) is 5.44. The molecule has 6 nitrogen and oxygen atoms in total. The molecule has 31 heavy (non-hydrogen) atoms. The minimum Gasteiger partial charge on any atom is -0.358 e. The lowest BCUT2D eigenvalue weighted by Crippen LogP contribution is -2.38. The SMILES string of the molecule is C[C@@H]1CCc2[nH]c3c(C(=O)N4CCC(c5nnc6ccccn56)CC4)cccc3c2C1. The van der Waals surface area contributed by atoms with Crippen molar-refractivity contribution in [1.82, 2.24) is 24.5 Å². The summed E-state index contributed by atoms with van der Waals surface area (Å²) in [5.74, 6) is 2.19. The zero-order valence-electron chi connectivity index (χ0n) is 17.8. The molecule has 0 spiro atoms. The number of para-hydroxylation sites is 1. The summed E-state index contributed by atoms with van der Waals surface area (Å²) >= 11 is 0. The topological polar surface area (TPSA) is 66.3 Å². The maximum atomic E-state index is 13.5. The van der Waals surface area contributed by atoms with Crippen molar-refractivity contribution in [2.24, 2.45) is 5.92 Å². The van der Waals surface area contributed by atoms with Gasteiger partial charge in [-0.15, -0.1) is 10.2 Å². The second kappa shape index (κ2) is 7.22. The number of benzene rings is 1. The molecule has 0 saturated carbocycles. The molecule has 6 heteroatoms. The number of rotatable bonds is 2. The van der Waals surface area contributed by atoms with Gasteiger partial charge < -0.3 is 9.88 Å². The van der Waals surface area contributed by atoms with Gasteiger partial charge in [0.05, 0.1) is 11.1 Å². The number of fused-ring (bicyclic) bond motifs is 4. The second-order valence-corrected chi connectivity index (χ2v) is 9.21. The normalized spacial score (nSPS) is 19.8. The van der Waals surface area contributed by atoms with Gasteiger partial charge in [0, 0.05) is 36.3 Å². The number of piperidine rings is 1. The molecule has 1 saturated heterocycles. The van der Waals surface area contributed by atoms with Gasteiger partial charge in [0.1, 0.15) is 5.82 Å². The molecule has 1 amide bonds. The van der Waals surface area contributed by atoms with E-state index in [1.165, 1.54) is 23.1 Å². The predicted octanol–water partition coefficient (Wildman–Crippen LogP) is 4.36. The number of H-pyrrole nitrogens is 1. The lowest BCUT2D eigenvalue weighted by Gasteiger charge is -2.31. The summed E-state index contributed by atoms with van der Waals surface area (Å²) in [7, 11) is 0. The van der Waals surface area contributed by atoms with Crippen LogP contribution in [-0.4, -0.2) is 43.5 Å². The molecule has 4 heterocycles. The van der Waals surface area contributed by atoms with E-state index in [4.69, 9.17) is 0 Å². The molecule has 1 N–H and O–H groups in total. The zero-order chi connectivity index (χ0) is 20.9. The molecule has 158 valence electrons. The lowest BCUT2D eigenvalue weighted by molar-refractivity contribution is 0.0712. The monoisotopic (exact) mass is 413 g/mol. The Morgan fingerprint density at radius 2 is 1.94 bits per heavy atom. The number of hydrogen-bond acceptors (Lipinski definition) is 3. The molecule has 0 bridgehead atoms. The Balaban J connectivity index is 1.24. The lowest BCUT2D eigenvalue weighted by atomic mass is 9.87. The van der Waals surface area contributed by atoms with Gasteiger partial charge in [-0.2, -0.15) is 0 Å². The zero-order valence-corrected chi connectivity index (χ0v) is 17.8. The van der Waals surface area contributed by atoms with Crippen LogP contribution in [0.25, 0.3) is 16.6 Å². The van der Waals surface area contributed by atoms with Crippen molar-refractivity contribution in [2.75, 3.05) is 13.1 Å². The maximum Gasteiger partial charge on any atom is 0.255 e. The van der Waals surface area contributed by atoms with E-state index in [1.54, 1.807) is 0 Å². The van der Waals surface area contributed by atoms with Crippen molar-refractivity contribution in [3.8, 4) is 0 Å². The van der Waals surface area contributed by atoms with E-state index in [-0.39, 0.29) is 5.91 Å². The second-order valence-electron chi connectivity index (χ2n) is 9.21. The van der Waals surface area contributed by atoms with Crippen LogP contribution in [-0.2, 0) is 12.8 Å². The first-order valence-electron chi connectivity index (χ1n) is 11.4. The Labute approximate surface area is 181 Å². The van der Waals surface area contributed by atoms with Gasteiger partial charge in [-0.1, -0.05) is 25.1 Å². The summed E-state index contributed by atoms with van der Waals surface area (Å²) in [5.41, 5.74) is 5.46. The third-order valence-corrected chi connectivity index (χ3v) is 7.19. The Morgan fingerprint density at radius 1 is 1.06 bits per heavy atom. The number of nitrogens with one attached hydrogen (secondary N) is 1. The number of amides is 1. The minimum atomic E-state index is 0.141. The smallest absolute Gasteiger partial charge is 0.255 e. The van der Waals surface area contributed by atoms with E-state index in [0.29, 0.717) is 11.8 Å². The molecule has 0 radical (unpaired) electrons. The van der Waals surface area contributed by atoms with Crippen LogP contribution in [0.5, 0.6) is 0 Å². The maximum absolute atomic E-state index is 13.5. The van der Waals surface area contributed by atoms with E-state index in [0.717, 1.165) is 61.3 Å². The Hall–Kier alpha value is -3.15. The molecule has 6 rings (SSSR count). The molecule has 0 unspecified atom stereocenters. The summed E-state index contributed by atoms with van der Waals surface area (Å²) in [6.45, 7) is 3.82. The standard InChI is InChI=1S/C25H27N5O/c1-16-8-9-21-20(15-16)18-5-4-6-19(23(18)26-21)25(31)29-13-10-17(11-14-29)24-28-27-22-7-2-3-12-30(22)24/h2-7,12,16-17,26H,8-11,13-15H2,1H3/t16-/m1/s1. The predicted molar refractivity (Wildman–Crippen MR) is 120 cm³/mol. The van der Waals surface area contributed by atoms with Crippen molar-refractivity contribution < 1.29 is 4.79 Å². The van der Waals surface area contributed by atoms with Crippen molar-refractivity contribution >= 4 is 22.5 Å². The van der Waals surface area contributed by atoms with Crippen molar-refractivity contribution in [1.29, 1.82) is 0 Å². The average molecular weight is 414 g/mol. The first kappa shape index (κ1) is 18.6. The molecular weight excluding hydrogens is 386 g/mol. The van der Waals surface area contributed by atoms with Gasteiger partial charge in [-0.25, -0.2) is 0 Å². The van der Waals surface area contributed by atoms with Crippen LogP contribution in [0.2, 0.25) is 0 Å². The Morgan fingerprint density at radius 3 is 2.81 bits per heavy atom. The first-order chi connectivity index (χ1) is 15.2. The van der Waals surface area contributed by atoms with Gasteiger partial charge in [0.15, 0.2) is 5.65 Å². The van der Waals surface area contributed by atoms with Crippen LogP contribution < -0.4 is 0 Å². The van der Waals surface area contributed by atoms with Crippen LogP contribution in [0, 0.1) is 5.92 Å². The Kier molecular flexibility index (Phi) is 4.33. The highest BCUT2D eigenvalue weighted by Crippen LogP contribution is 2.34. The number of aromatic amines is 1. The molecule has 3 aromatic heterocycles. The highest BCUT2D eigenvalue weighted by atomic mass is 16.2. The molecular formula is C25H27N5O. The van der Waals surface area contributed by atoms with Crippen molar-refractivity contribution in [3.05, 3.63) is 65.2 Å². The Bertz CT molecular complexity index is 1280. The number of carbonyl (C=O) groups excluding carboxylic acids is 1. The number of hydrogen-bond donors (Lipinski definition) is 1. The van der Waals surface area contributed by atoms with Gasteiger partial charge in [-0.05, 0) is 61.8 Å². The quantitative estimate of drug-likeness (QED) is 0.531. The fraction of sp³-hybridized carbons (Fsp3) is 0.400. The van der Waals surface area contributed by atoms with Gasteiger partial charge in [0.2, 0.25) is 0 Å². The van der Waals surface area contributed by atoms with Crippen LogP contribution in [0.15, 0.2) is 42.6 Å². The molecule has 1 aliphatic heterocycles. The number of carbonyl (C=O) groups is 1. The third kappa shape index (κ3) is 3.04. The van der Waals surface area contributed by atoms with Gasteiger partial charge in [-0.3, -0.25) is 9.20 Å². The summed E-state index contributed by atoms with van der Waals surface area (Å²) < 4.78 is 2.08. The number of aromatic nitrogens is 4. The molecule has 1 fully saturated rings. The van der Waals surface area contributed by atoms with Crippen molar-refractivity contribution in [3.63, 3.8) is 0 Å². The number of likely N-dealkylation sites (tertiary alicyclic amines) is 1. The minimum absolute atomic E-state index is 0.141. The van der Waals surface area contributed by atoms with E-state index >= 15 is 0 Å². The van der Waals surface area contributed by atoms with E-state index < -0.39 is 0 Å². The third-order valence-electron chi connectivity index (χ3n) is 7.19. The summed E-state index contributed by atoms with van der Waals surface area (Å²) in [6.07, 6.45) is 7.25. The van der Waals surface area contributed by atoms with Crippen LogP contribution in [0.4, 0.5) is 0 Å². The number of aryl methyl sites for hydroxylation is 1. The molecule has 4 aromatic rings. The average Bonchev–Trinajstić information content (AvgIpc) is 3.40. The van der Waals surface area contributed by atoms with E-state index in [1.807, 2.05) is 41.4 Å². The van der Waals surface area contributed by atoms with Crippen LogP contribution in [0.1, 0.15) is 59.5 Å². The van der Waals surface area contributed by atoms with Crippen LogP contribution >= 0.6 is 0 Å². The summed E-state index contributed by atoms with van der Waals surface area (Å²) in [4.78, 5) is 19.1. The molecule has 1 aromatic carbocycles. The molecule has 1 aliphatic carbocycles. The van der Waals surface area contributed by atoms with E-state index in [9.17, 15) is 4.79 Å². The number of pyridine rings is 1. The highest BCUT2D eigenvalue weighted by Gasteiger charge is 2.29. The largest absolute Gasteiger partial charge is 0.358 e.